The minimum absolute atomic E-state index is 0.201. The Bertz CT molecular complexity index is 1680. The Morgan fingerprint density at radius 3 is 1.91 bits per heavy atom. The van der Waals surface area contributed by atoms with E-state index in [4.69, 9.17) is 27.4 Å². The lowest BCUT2D eigenvalue weighted by Gasteiger charge is -2.12. The summed E-state index contributed by atoms with van der Waals surface area (Å²) in [5, 5.41) is 14.2. The predicted molar refractivity (Wildman–Crippen MR) is 146 cm³/mol. The lowest BCUT2D eigenvalue weighted by Crippen LogP contribution is -2.20. The van der Waals surface area contributed by atoms with Crippen molar-refractivity contribution in [1.82, 2.24) is 9.78 Å². The molecule has 9 nitrogen and oxygen atoms in total. The number of halogens is 9. The van der Waals surface area contributed by atoms with Crippen LogP contribution in [0.15, 0.2) is 42.5 Å². The van der Waals surface area contributed by atoms with Crippen LogP contribution in [0.1, 0.15) is 28.9 Å². The Balaban J connectivity index is 0.000000553. The number of aromatic carboxylic acids is 1. The molecule has 0 saturated carbocycles. The summed E-state index contributed by atoms with van der Waals surface area (Å²) in [5.74, 6) is -3.75. The molecular formula is C23H19Cl3F6N2O7S2. The highest BCUT2D eigenvalue weighted by atomic mass is 35.7. The Morgan fingerprint density at radius 2 is 1.47 bits per heavy atom. The molecule has 3 rings (SSSR count). The largest absolute Gasteiger partial charge is 0.476 e. The number of carboxylic acids is 1. The van der Waals surface area contributed by atoms with Crippen molar-refractivity contribution in [2.24, 2.45) is 0 Å². The maximum Gasteiger partial charge on any atom is 0.390 e. The third-order valence-corrected chi connectivity index (χ3v) is 7.92. The molecule has 0 unspecified atom stereocenters. The molecule has 1 N–H and O–H groups in total. The van der Waals surface area contributed by atoms with Crippen molar-refractivity contribution in [3.8, 4) is 22.7 Å². The average Bonchev–Trinajstić information content (AvgIpc) is 3.18. The van der Waals surface area contributed by atoms with Crippen molar-refractivity contribution in [2.45, 2.75) is 32.1 Å². The van der Waals surface area contributed by atoms with Gasteiger partial charge in [0.05, 0.1) is 40.8 Å². The van der Waals surface area contributed by atoms with E-state index in [0.29, 0.717) is 27.5 Å². The van der Waals surface area contributed by atoms with Crippen LogP contribution in [0.3, 0.4) is 0 Å². The minimum atomic E-state index is -4.64. The van der Waals surface area contributed by atoms with Crippen LogP contribution in [0.2, 0.25) is 10.0 Å². The number of carboxylic acid groups (broad SMARTS) is 1. The van der Waals surface area contributed by atoms with Crippen LogP contribution in [0.5, 0.6) is 5.75 Å². The topological polar surface area (TPSA) is 133 Å². The summed E-state index contributed by atoms with van der Waals surface area (Å²) in [6.45, 7) is 1.54. The van der Waals surface area contributed by atoms with E-state index in [-0.39, 0.29) is 16.5 Å². The fourth-order valence-corrected chi connectivity index (χ4v) is 5.36. The number of benzene rings is 2. The standard InChI is InChI=1S/C20H15Cl2F3N2O5S.C3H4ClF3O2S/c1-11-17(19(28)29)26-27(16-7-4-13(21)10-15(16)22)18(11)12-2-5-14(6-3-12)32-33(30,31)9-8-20(23,24)25;4-10(8,9)2-1-3(5,6)7/h2-7,10H,8-9H2,1H3,(H,28,29);1-2H2. The van der Waals surface area contributed by atoms with Gasteiger partial charge in [0.25, 0.3) is 0 Å². The number of nitrogens with zero attached hydrogens (tertiary/aromatic N) is 2. The first kappa shape index (κ1) is 36.5. The van der Waals surface area contributed by atoms with Crippen molar-refractivity contribution in [3.05, 3.63) is 63.8 Å². The van der Waals surface area contributed by atoms with Crippen LogP contribution >= 0.6 is 33.9 Å². The van der Waals surface area contributed by atoms with Gasteiger partial charge in [-0.1, -0.05) is 23.2 Å². The molecule has 0 aliphatic carbocycles. The first-order valence-electron chi connectivity index (χ1n) is 11.3. The van der Waals surface area contributed by atoms with Crippen LogP contribution in [-0.4, -0.2) is 61.6 Å². The number of hydrogen-bond acceptors (Lipinski definition) is 7. The summed E-state index contributed by atoms with van der Waals surface area (Å²) in [6, 6.07) is 9.88. The molecule has 0 bridgehead atoms. The summed E-state index contributed by atoms with van der Waals surface area (Å²) in [7, 11) is -3.96. The molecule has 3 aromatic rings. The normalized spacial score (nSPS) is 12.4. The van der Waals surface area contributed by atoms with E-state index >= 15 is 0 Å². The highest BCUT2D eigenvalue weighted by Gasteiger charge is 2.31. The fourth-order valence-electron chi connectivity index (χ4n) is 3.20. The quantitative estimate of drug-likeness (QED) is 0.142. The van der Waals surface area contributed by atoms with Gasteiger partial charge in [0, 0.05) is 26.8 Å². The summed E-state index contributed by atoms with van der Waals surface area (Å²) >= 11 is 12.2. The Kier molecular flexibility index (Phi) is 11.8. The van der Waals surface area contributed by atoms with Crippen molar-refractivity contribution >= 4 is 59.0 Å². The number of hydrogen-bond donors (Lipinski definition) is 1. The van der Waals surface area contributed by atoms with E-state index < -0.39 is 61.8 Å². The second-order valence-electron chi connectivity index (χ2n) is 8.48. The molecule has 0 radical (unpaired) electrons. The third-order valence-electron chi connectivity index (χ3n) is 5.08. The average molecular weight is 720 g/mol. The lowest BCUT2D eigenvalue weighted by atomic mass is 10.1. The van der Waals surface area contributed by atoms with Gasteiger partial charge >= 0.3 is 28.4 Å². The number of alkyl halides is 6. The van der Waals surface area contributed by atoms with Crippen LogP contribution < -0.4 is 4.18 Å². The molecule has 2 aromatic carbocycles. The molecule has 0 aliphatic heterocycles. The van der Waals surface area contributed by atoms with Crippen molar-refractivity contribution in [2.75, 3.05) is 11.5 Å². The molecule has 0 saturated heterocycles. The smallest absolute Gasteiger partial charge is 0.390 e. The van der Waals surface area contributed by atoms with Gasteiger partial charge in [-0.05, 0) is 49.4 Å². The van der Waals surface area contributed by atoms with Gasteiger partial charge in [0.15, 0.2) is 5.69 Å². The Labute approximate surface area is 255 Å². The maximum atomic E-state index is 12.3. The molecule has 1 heterocycles. The van der Waals surface area contributed by atoms with Crippen molar-refractivity contribution in [3.63, 3.8) is 0 Å². The van der Waals surface area contributed by atoms with E-state index in [1.165, 1.54) is 41.9 Å². The molecule has 20 heteroatoms. The fraction of sp³-hybridized carbons (Fsp3) is 0.304. The first-order chi connectivity index (χ1) is 19.5. The highest BCUT2D eigenvalue weighted by Crippen LogP contribution is 2.34. The van der Waals surface area contributed by atoms with Gasteiger partial charge in [0.1, 0.15) is 5.75 Å². The zero-order valence-corrected chi connectivity index (χ0v) is 25.3. The van der Waals surface area contributed by atoms with Gasteiger partial charge in [0.2, 0.25) is 9.05 Å². The summed E-state index contributed by atoms with van der Waals surface area (Å²) in [6.07, 6.45) is -12.0. The lowest BCUT2D eigenvalue weighted by molar-refractivity contribution is -0.130. The number of rotatable bonds is 9. The van der Waals surface area contributed by atoms with Gasteiger partial charge in [-0.15, -0.1) is 0 Å². The van der Waals surface area contributed by atoms with Crippen LogP contribution in [-0.2, 0) is 19.2 Å². The van der Waals surface area contributed by atoms with E-state index in [2.05, 4.69) is 15.8 Å². The molecule has 43 heavy (non-hydrogen) atoms. The van der Waals surface area contributed by atoms with Gasteiger partial charge < -0.3 is 9.29 Å². The van der Waals surface area contributed by atoms with Gasteiger partial charge in [-0.25, -0.2) is 17.9 Å². The third kappa shape index (κ3) is 12.1. The SMILES string of the molecule is Cc1c(C(=O)O)nn(-c2ccc(Cl)cc2Cl)c1-c1ccc(OS(=O)(=O)CCC(F)(F)F)cc1.O=S(=O)(Cl)CCC(F)(F)F. The van der Waals surface area contributed by atoms with E-state index in [1.807, 2.05) is 0 Å². The zero-order valence-electron chi connectivity index (χ0n) is 21.4. The molecule has 0 fully saturated rings. The molecule has 0 amide bonds. The van der Waals surface area contributed by atoms with Crippen LogP contribution in [0.25, 0.3) is 16.9 Å². The van der Waals surface area contributed by atoms with Crippen molar-refractivity contribution < 1.29 is 57.3 Å². The summed E-state index contributed by atoms with van der Waals surface area (Å²) in [5.41, 5.74) is 1.20. The van der Waals surface area contributed by atoms with Crippen LogP contribution in [0, 0.1) is 6.92 Å². The number of aromatic nitrogens is 2. The second-order valence-corrected chi connectivity index (χ2v) is 13.9. The molecule has 0 atom stereocenters. The maximum absolute atomic E-state index is 12.3. The first-order valence-corrected chi connectivity index (χ1v) is 16.2. The molecule has 0 aliphatic rings. The Morgan fingerprint density at radius 1 is 0.930 bits per heavy atom. The molecular weight excluding hydrogens is 701 g/mol. The van der Waals surface area contributed by atoms with E-state index in [1.54, 1.807) is 12.1 Å². The van der Waals surface area contributed by atoms with Crippen LogP contribution in [0.4, 0.5) is 26.3 Å². The Hall–Kier alpha value is -2.73. The summed E-state index contributed by atoms with van der Waals surface area (Å²) < 4.78 is 120. The monoisotopic (exact) mass is 718 g/mol. The molecule has 238 valence electrons. The zero-order chi connectivity index (χ0) is 33.0. The molecule has 1 aromatic heterocycles. The number of carbonyl (C=O) groups is 1. The summed E-state index contributed by atoms with van der Waals surface area (Å²) in [4.78, 5) is 11.6. The van der Waals surface area contributed by atoms with E-state index in [9.17, 15) is 53.1 Å². The van der Waals surface area contributed by atoms with Gasteiger partial charge in [-0.2, -0.15) is 39.9 Å². The van der Waals surface area contributed by atoms with Crippen molar-refractivity contribution in [1.29, 1.82) is 0 Å². The predicted octanol–water partition coefficient (Wildman–Crippen LogP) is 7.02. The molecule has 0 spiro atoms. The highest BCUT2D eigenvalue weighted by molar-refractivity contribution is 8.13. The second kappa shape index (κ2) is 13.9. The minimum Gasteiger partial charge on any atom is -0.476 e. The van der Waals surface area contributed by atoms with E-state index in [0.717, 1.165) is 0 Å². The van der Waals surface area contributed by atoms with Gasteiger partial charge in [-0.3, -0.25) is 0 Å².